The molecule has 0 radical (unpaired) electrons. The molecule has 0 aromatic carbocycles. The first kappa shape index (κ1) is 9.22. The van der Waals surface area contributed by atoms with Gasteiger partial charge in [0.25, 0.3) is 0 Å². The van der Waals surface area contributed by atoms with Crippen molar-refractivity contribution in [3.05, 3.63) is 17.3 Å². The normalized spacial score (nSPS) is 9.50. The first-order valence-electron chi connectivity index (χ1n) is 3.07. The molecule has 6 heteroatoms. The molecular weight excluding hydrogens is 201 g/mol. The van der Waals surface area contributed by atoms with Gasteiger partial charge in [-0.05, 0) is 12.1 Å². The Labute approximate surface area is 78.9 Å². The first-order chi connectivity index (χ1) is 5.72. The van der Waals surface area contributed by atoms with E-state index < -0.39 is 0 Å². The highest BCUT2D eigenvalue weighted by atomic mass is 35.5. The smallest absolute Gasteiger partial charge is 0.240 e. The summed E-state index contributed by atoms with van der Waals surface area (Å²) in [6.07, 6.45) is 0. The van der Waals surface area contributed by atoms with E-state index in [0.29, 0.717) is 5.82 Å². The van der Waals surface area contributed by atoms with Crippen LogP contribution >= 0.6 is 23.2 Å². The van der Waals surface area contributed by atoms with Gasteiger partial charge in [-0.25, -0.2) is 0 Å². The van der Waals surface area contributed by atoms with Crippen LogP contribution in [0.15, 0.2) is 12.1 Å². The average Bonchev–Trinajstić information content (AvgIpc) is 2.09. The van der Waals surface area contributed by atoms with Crippen molar-refractivity contribution in [2.75, 3.05) is 11.2 Å². The van der Waals surface area contributed by atoms with E-state index in [-0.39, 0.29) is 16.9 Å². The van der Waals surface area contributed by atoms with E-state index in [1.165, 1.54) is 6.07 Å². The third-order valence-corrected chi connectivity index (χ3v) is 1.47. The largest absolute Gasteiger partial charge is 0.308 e. The molecule has 0 saturated heterocycles. The number of anilines is 1. The van der Waals surface area contributed by atoms with Crippen LogP contribution in [0.2, 0.25) is 5.15 Å². The van der Waals surface area contributed by atoms with Crippen LogP contribution in [0, 0.1) is 0 Å². The van der Waals surface area contributed by atoms with Crippen LogP contribution < -0.4 is 5.32 Å². The minimum absolute atomic E-state index is 0.107. The van der Waals surface area contributed by atoms with E-state index in [1.54, 1.807) is 6.07 Å². The molecule has 0 atom stereocenters. The molecule has 0 aliphatic rings. The van der Waals surface area contributed by atoms with Gasteiger partial charge in [0.2, 0.25) is 5.91 Å². The van der Waals surface area contributed by atoms with E-state index in [9.17, 15) is 4.79 Å². The van der Waals surface area contributed by atoms with Crippen molar-refractivity contribution in [2.24, 2.45) is 0 Å². The summed E-state index contributed by atoms with van der Waals surface area (Å²) in [5, 5.41) is 9.81. The third kappa shape index (κ3) is 2.64. The topological polar surface area (TPSA) is 54.9 Å². The second kappa shape index (κ2) is 4.23. The average molecular weight is 206 g/mol. The Hall–Kier alpha value is -0.870. The fourth-order valence-corrected chi connectivity index (χ4v) is 0.727. The number of hydrogen-bond donors (Lipinski definition) is 1. The first-order valence-corrected chi connectivity index (χ1v) is 3.98. The van der Waals surface area contributed by atoms with E-state index in [1.807, 2.05) is 0 Å². The van der Waals surface area contributed by atoms with Gasteiger partial charge >= 0.3 is 0 Å². The zero-order valence-electron chi connectivity index (χ0n) is 5.92. The number of rotatable bonds is 2. The highest BCUT2D eigenvalue weighted by Gasteiger charge is 2.00. The maximum Gasteiger partial charge on any atom is 0.240 e. The maximum absolute atomic E-state index is 10.7. The number of amides is 1. The number of hydrogen-bond acceptors (Lipinski definition) is 3. The van der Waals surface area contributed by atoms with E-state index in [2.05, 4.69) is 15.5 Å². The minimum Gasteiger partial charge on any atom is -0.308 e. The summed E-state index contributed by atoms with van der Waals surface area (Å²) in [7, 11) is 0. The molecule has 0 aliphatic heterocycles. The van der Waals surface area contributed by atoms with Crippen molar-refractivity contribution in [1.29, 1.82) is 0 Å². The number of carbonyl (C=O) groups excluding carboxylic acids is 1. The molecule has 0 unspecified atom stereocenters. The lowest BCUT2D eigenvalue weighted by atomic mass is 10.5. The van der Waals surface area contributed by atoms with Gasteiger partial charge < -0.3 is 5.32 Å². The van der Waals surface area contributed by atoms with Gasteiger partial charge in [-0.2, -0.15) is 0 Å². The number of carbonyl (C=O) groups is 1. The summed E-state index contributed by atoms with van der Waals surface area (Å²) in [5.41, 5.74) is 0. The van der Waals surface area contributed by atoms with E-state index >= 15 is 0 Å². The Morgan fingerprint density at radius 3 is 2.75 bits per heavy atom. The van der Waals surface area contributed by atoms with Gasteiger partial charge in [0.1, 0.15) is 5.88 Å². The number of halogens is 2. The van der Waals surface area contributed by atoms with Crippen LogP contribution in [0.1, 0.15) is 0 Å². The van der Waals surface area contributed by atoms with E-state index in [4.69, 9.17) is 23.2 Å². The molecule has 4 nitrogen and oxygen atoms in total. The lowest BCUT2D eigenvalue weighted by Gasteiger charge is -1.98. The van der Waals surface area contributed by atoms with Crippen LogP contribution in [0.3, 0.4) is 0 Å². The predicted molar refractivity (Wildman–Crippen MR) is 46.4 cm³/mol. The van der Waals surface area contributed by atoms with Gasteiger partial charge in [-0.3, -0.25) is 4.79 Å². The Bertz CT molecular complexity index is 275. The Kier molecular flexibility index (Phi) is 3.25. The summed E-state index contributed by atoms with van der Waals surface area (Å²) >= 11 is 10.7. The zero-order chi connectivity index (χ0) is 8.97. The second-order valence-electron chi connectivity index (χ2n) is 1.92. The van der Waals surface area contributed by atoms with Crippen molar-refractivity contribution in [2.45, 2.75) is 0 Å². The van der Waals surface area contributed by atoms with Gasteiger partial charge in [0, 0.05) is 0 Å². The summed E-state index contributed by atoms with van der Waals surface area (Å²) in [5.74, 6) is -0.0945. The molecule has 0 spiro atoms. The van der Waals surface area contributed by atoms with Crippen molar-refractivity contribution >= 4 is 34.9 Å². The molecule has 64 valence electrons. The molecule has 12 heavy (non-hydrogen) atoms. The van der Waals surface area contributed by atoms with Crippen LogP contribution in [0.25, 0.3) is 0 Å². The molecule has 1 rings (SSSR count). The number of aromatic nitrogens is 2. The van der Waals surface area contributed by atoms with Crippen LogP contribution in [0.4, 0.5) is 5.82 Å². The van der Waals surface area contributed by atoms with Crippen molar-refractivity contribution in [1.82, 2.24) is 10.2 Å². The SMILES string of the molecule is O=C(CCl)Nc1ccc(Cl)nn1. The molecule has 1 aromatic heterocycles. The Morgan fingerprint density at radius 1 is 1.50 bits per heavy atom. The Balaban J connectivity index is 2.64. The summed E-state index contributed by atoms with van der Waals surface area (Å²) in [4.78, 5) is 10.7. The van der Waals surface area contributed by atoms with Crippen LogP contribution in [-0.4, -0.2) is 22.0 Å². The fraction of sp³-hybridized carbons (Fsp3) is 0.167. The highest BCUT2D eigenvalue weighted by Crippen LogP contribution is 2.05. The summed E-state index contributed by atoms with van der Waals surface area (Å²) in [6.45, 7) is 0. The highest BCUT2D eigenvalue weighted by molar-refractivity contribution is 6.29. The fourth-order valence-electron chi connectivity index (χ4n) is 0.559. The summed E-state index contributed by atoms with van der Waals surface area (Å²) < 4.78 is 0. The Morgan fingerprint density at radius 2 is 2.25 bits per heavy atom. The molecular formula is C6H5Cl2N3O. The number of nitrogens with one attached hydrogen (secondary N) is 1. The maximum atomic E-state index is 10.7. The van der Waals surface area contributed by atoms with Crippen molar-refractivity contribution < 1.29 is 4.79 Å². The monoisotopic (exact) mass is 205 g/mol. The van der Waals surface area contributed by atoms with Crippen LogP contribution in [0.5, 0.6) is 0 Å². The number of alkyl halides is 1. The predicted octanol–water partition coefficient (Wildman–Crippen LogP) is 1.31. The van der Waals surface area contributed by atoms with Crippen LogP contribution in [-0.2, 0) is 4.79 Å². The number of nitrogens with zero attached hydrogens (tertiary/aromatic N) is 2. The van der Waals surface area contributed by atoms with Gasteiger partial charge in [-0.15, -0.1) is 21.8 Å². The van der Waals surface area contributed by atoms with Crippen molar-refractivity contribution in [3.63, 3.8) is 0 Å². The molecule has 0 aliphatic carbocycles. The molecule has 1 N–H and O–H groups in total. The van der Waals surface area contributed by atoms with Gasteiger partial charge in [-0.1, -0.05) is 11.6 Å². The molecule has 0 saturated carbocycles. The molecule has 1 amide bonds. The third-order valence-electron chi connectivity index (χ3n) is 1.02. The quantitative estimate of drug-likeness (QED) is 0.742. The van der Waals surface area contributed by atoms with Gasteiger partial charge in [0.05, 0.1) is 0 Å². The standard InChI is InChI=1S/C6H5Cl2N3O/c7-3-6(12)9-5-2-1-4(8)10-11-5/h1-2H,3H2,(H,9,11,12). The molecule has 0 bridgehead atoms. The molecule has 1 aromatic rings. The zero-order valence-corrected chi connectivity index (χ0v) is 7.43. The lowest BCUT2D eigenvalue weighted by molar-refractivity contribution is -0.113. The minimum atomic E-state index is -0.326. The molecule has 0 fully saturated rings. The summed E-state index contributed by atoms with van der Waals surface area (Å²) in [6, 6.07) is 3.07. The molecule has 1 heterocycles. The van der Waals surface area contributed by atoms with Gasteiger partial charge in [0.15, 0.2) is 11.0 Å². The van der Waals surface area contributed by atoms with E-state index in [0.717, 1.165) is 0 Å². The van der Waals surface area contributed by atoms with Crippen molar-refractivity contribution in [3.8, 4) is 0 Å². The lowest BCUT2D eigenvalue weighted by Crippen LogP contribution is -2.13. The second-order valence-corrected chi connectivity index (χ2v) is 2.58.